The van der Waals surface area contributed by atoms with Crippen molar-refractivity contribution in [2.45, 2.75) is 6.92 Å². The molecule has 0 N–H and O–H groups in total. The summed E-state index contributed by atoms with van der Waals surface area (Å²) < 4.78 is 2.18. The van der Waals surface area contributed by atoms with E-state index < -0.39 is 0 Å². The zero-order valence-corrected chi connectivity index (χ0v) is 9.09. The molecule has 2 heteroatoms. The highest BCUT2D eigenvalue weighted by atomic mass is 14.9. The van der Waals surface area contributed by atoms with Crippen LogP contribution >= 0.6 is 0 Å². The summed E-state index contributed by atoms with van der Waals surface area (Å²) in [5.41, 5.74) is 4.62. The maximum Gasteiger partial charge on any atom is 0.0872 e. The molecule has 0 fully saturated rings. The number of fused-ring (bicyclic) bond motifs is 1. The first-order valence-corrected chi connectivity index (χ1v) is 5.34. The van der Waals surface area contributed by atoms with Gasteiger partial charge in [0, 0.05) is 17.9 Å². The van der Waals surface area contributed by atoms with Crippen molar-refractivity contribution in [1.82, 2.24) is 9.38 Å². The van der Waals surface area contributed by atoms with Crippen LogP contribution in [-0.4, -0.2) is 9.38 Å². The Morgan fingerprint density at radius 2 is 1.94 bits per heavy atom. The molecule has 0 aromatic carbocycles. The summed E-state index contributed by atoms with van der Waals surface area (Å²) in [5.74, 6) is 0. The summed E-state index contributed by atoms with van der Waals surface area (Å²) in [7, 11) is 0. The molecule has 0 unspecified atom stereocenters. The summed E-state index contributed by atoms with van der Waals surface area (Å²) in [6.07, 6.45) is 3.91. The van der Waals surface area contributed by atoms with Crippen LogP contribution in [0.3, 0.4) is 0 Å². The summed E-state index contributed by atoms with van der Waals surface area (Å²) in [6, 6.07) is 14.4. The summed E-state index contributed by atoms with van der Waals surface area (Å²) in [4.78, 5) is 4.42. The molecule has 0 spiro atoms. The summed E-state index contributed by atoms with van der Waals surface area (Å²) in [6.45, 7) is 2.11. The minimum atomic E-state index is 1.02. The number of pyridine rings is 2. The van der Waals surface area contributed by atoms with E-state index in [-0.39, 0.29) is 0 Å². The Morgan fingerprint density at radius 1 is 1.00 bits per heavy atom. The highest BCUT2D eigenvalue weighted by Crippen LogP contribution is 2.23. The Labute approximate surface area is 94.2 Å². The van der Waals surface area contributed by atoms with Crippen molar-refractivity contribution in [2.75, 3.05) is 0 Å². The molecule has 0 saturated carbocycles. The van der Waals surface area contributed by atoms with E-state index in [9.17, 15) is 0 Å². The SMILES string of the molecule is Cc1ccc2cccn2c1-c1ccccn1. The summed E-state index contributed by atoms with van der Waals surface area (Å²) in [5, 5.41) is 0. The van der Waals surface area contributed by atoms with Crippen LogP contribution in [0.5, 0.6) is 0 Å². The maximum absolute atomic E-state index is 4.42. The minimum absolute atomic E-state index is 1.02. The van der Waals surface area contributed by atoms with Crippen LogP contribution in [0.4, 0.5) is 0 Å². The molecule has 2 nitrogen and oxygen atoms in total. The van der Waals surface area contributed by atoms with E-state index in [1.165, 1.54) is 16.8 Å². The second-order valence-corrected chi connectivity index (χ2v) is 3.88. The lowest BCUT2D eigenvalue weighted by molar-refractivity contribution is 1.14. The van der Waals surface area contributed by atoms with Crippen LogP contribution < -0.4 is 0 Å². The third-order valence-electron chi connectivity index (χ3n) is 2.81. The summed E-state index contributed by atoms with van der Waals surface area (Å²) >= 11 is 0. The fourth-order valence-corrected chi connectivity index (χ4v) is 2.04. The van der Waals surface area contributed by atoms with Gasteiger partial charge in [0.25, 0.3) is 0 Å². The van der Waals surface area contributed by atoms with E-state index in [0.29, 0.717) is 0 Å². The number of aryl methyl sites for hydroxylation is 1. The van der Waals surface area contributed by atoms with Gasteiger partial charge in [-0.15, -0.1) is 0 Å². The normalized spacial score (nSPS) is 10.8. The van der Waals surface area contributed by atoms with Crippen molar-refractivity contribution in [3.05, 3.63) is 60.4 Å². The van der Waals surface area contributed by atoms with Gasteiger partial charge < -0.3 is 4.40 Å². The molecule has 78 valence electrons. The van der Waals surface area contributed by atoms with Crippen molar-refractivity contribution in [2.24, 2.45) is 0 Å². The minimum Gasteiger partial charge on any atom is -0.315 e. The van der Waals surface area contributed by atoms with E-state index in [1.54, 1.807) is 0 Å². The van der Waals surface area contributed by atoms with Crippen LogP contribution in [0.15, 0.2) is 54.9 Å². The van der Waals surface area contributed by atoms with E-state index >= 15 is 0 Å². The smallest absolute Gasteiger partial charge is 0.0872 e. The van der Waals surface area contributed by atoms with Gasteiger partial charge in [0.15, 0.2) is 0 Å². The third-order valence-corrected chi connectivity index (χ3v) is 2.81. The predicted octanol–water partition coefficient (Wildman–Crippen LogP) is 3.31. The molecule has 0 bridgehead atoms. The lowest BCUT2D eigenvalue weighted by atomic mass is 10.1. The van der Waals surface area contributed by atoms with E-state index in [0.717, 1.165) is 5.69 Å². The highest BCUT2D eigenvalue weighted by molar-refractivity contribution is 5.65. The molecule has 0 atom stereocenters. The average molecular weight is 208 g/mol. The number of hydrogen-bond donors (Lipinski definition) is 0. The third kappa shape index (κ3) is 1.31. The monoisotopic (exact) mass is 208 g/mol. The van der Waals surface area contributed by atoms with Crippen LogP contribution in [0.25, 0.3) is 16.9 Å². The fourth-order valence-electron chi connectivity index (χ4n) is 2.04. The maximum atomic E-state index is 4.42. The second-order valence-electron chi connectivity index (χ2n) is 3.88. The van der Waals surface area contributed by atoms with Crippen LogP contribution in [0, 0.1) is 6.92 Å². The molecule has 0 amide bonds. The molecule has 0 radical (unpaired) electrons. The van der Waals surface area contributed by atoms with Gasteiger partial charge in [0.2, 0.25) is 0 Å². The van der Waals surface area contributed by atoms with E-state index in [4.69, 9.17) is 0 Å². The average Bonchev–Trinajstić information content (AvgIpc) is 2.78. The first-order chi connectivity index (χ1) is 7.86. The predicted molar refractivity (Wildman–Crippen MR) is 65.4 cm³/mol. The largest absolute Gasteiger partial charge is 0.315 e. The zero-order valence-electron chi connectivity index (χ0n) is 9.09. The molecule has 3 aromatic heterocycles. The number of rotatable bonds is 1. The molecule has 3 aromatic rings. The lowest BCUT2D eigenvalue weighted by Gasteiger charge is -2.09. The van der Waals surface area contributed by atoms with E-state index in [2.05, 4.69) is 46.8 Å². The second kappa shape index (κ2) is 3.49. The number of aromatic nitrogens is 2. The van der Waals surface area contributed by atoms with Crippen LogP contribution in [0.1, 0.15) is 5.56 Å². The van der Waals surface area contributed by atoms with Crippen molar-refractivity contribution in [3.8, 4) is 11.4 Å². The molecule has 0 aliphatic carbocycles. The first kappa shape index (κ1) is 9.16. The van der Waals surface area contributed by atoms with Crippen molar-refractivity contribution >= 4 is 5.52 Å². The Balaban J connectivity index is 2.38. The number of hydrogen-bond acceptors (Lipinski definition) is 1. The Hall–Kier alpha value is -2.09. The van der Waals surface area contributed by atoms with Gasteiger partial charge in [-0.2, -0.15) is 0 Å². The standard InChI is InChI=1S/C14H12N2/c1-11-7-8-12-5-4-10-16(12)14(11)13-6-2-3-9-15-13/h2-10H,1H3. The van der Waals surface area contributed by atoms with Crippen LogP contribution in [-0.2, 0) is 0 Å². The molecule has 3 rings (SSSR count). The molecule has 3 heterocycles. The van der Waals surface area contributed by atoms with Gasteiger partial charge in [-0.05, 0) is 42.8 Å². The first-order valence-electron chi connectivity index (χ1n) is 5.34. The Morgan fingerprint density at radius 3 is 2.75 bits per heavy atom. The molecule has 0 aliphatic heterocycles. The topological polar surface area (TPSA) is 17.3 Å². The number of nitrogens with zero attached hydrogens (tertiary/aromatic N) is 2. The molecule has 0 saturated heterocycles. The van der Waals surface area contributed by atoms with Crippen molar-refractivity contribution < 1.29 is 0 Å². The Bertz CT molecular complexity index is 624. The van der Waals surface area contributed by atoms with Crippen molar-refractivity contribution in [3.63, 3.8) is 0 Å². The van der Waals surface area contributed by atoms with Gasteiger partial charge in [0.05, 0.1) is 11.4 Å². The van der Waals surface area contributed by atoms with Gasteiger partial charge >= 0.3 is 0 Å². The molecular formula is C14H12N2. The zero-order chi connectivity index (χ0) is 11.0. The molecule has 0 aliphatic rings. The Kier molecular flexibility index (Phi) is 2.00. The van der Waals surface area contributed by atoms with Crippen LogP contribution in [0.2, 0.25) is 0 Å². The van der Waals surface area contributed by atoms with Gasteiger partial charge in [-0.25, -0.2) is 0 Å². The van der Waals surface area contributed by atoms with Crippen molar-refractivity contribution in [1.29, 1.82) is 0 Å². The molecule has 16 heavy (non-hydrogen) atoms. The van der Waals surface area contributed by atoms with Gasteiger partial charge in [-0.3, -0.25) is 4.98 Å². The van der Waals surface area contributed by atoms with E-state index in [1.807, 2.05) is 24.4 Å². The molecular weight excluding hydrogens is 196 g/mol. The lowest BCUT2D eigenvalue weighted by Crippen LogP contribution is -1.95. The highest BCUT2D eigenvalue weighted by Gasteiger charge is 2.06. The van der Waals surface area contributed by atoms with Gasteiger partial charge in [-0.1, -0.05) is 12.1 Å². The fraction of sp³-hybridized carbons (Fsp3) is 0.0714. The van der Waals surface area contributed by atoms with Gasteiger partial charge in [0.1, 0.15) is 0 Å². The quantitative estimate of drug-likeness (QED) is 0.599.